The molecule has 1 N–H and O–H groups in total. The molecule has 0 aliphatic carbocycles. The quantitative estimate of drug-likeness (QED) is 0.385. The SMILES string of the molecule is COCCn1c(SCC(=O)Nc2ccc(Br)cc2C)nc2cc(Cl)ccc2c1=O. The molecule has 0 atom stereocenters. The Morgan fingerprint density at radius 3 is 2.83 bits per heavy atom. The molecular weight excluding hydrogens is 478 g/mol. The van der Waals surface area contributed by atoms with Gasteiger partial charge in [0.2, 0.25) is 5.91 Å². The topological polar surface area (TPSA) is 73.2 Å². The van der Waals surface area contributed by atoms with E-state index in [9.17, 15) is 9.59 Å². The third kappa shape index (κ3) is 5.39. The number of aromatic nitrogens is 2. The number of anilines is 1. The van der Waals surface area contributed by atoms with Gasteiger partial charge in [0, 0.05) is 22.3 Å². The molecule has 1 amide bonds. The summed E-state index contributed by atoms with van der Waals surface area (Å²) in [6, 6.07) is 10.6. The standard InChI is InChI=1S/C20H19BrClN3O3S/c1-12-9-13(21)3-6-16(12)23-18(26)11-29-20-24-17-10-14(22)4-5-15(17)19(27)25(20)7-8-28-2/h3-6,9-10H,7-8,11H2,1-2H3,(H,23,26). The molecule has 0 saturated carbocycles. The number of carbonyl (C=O) groups excluding carboxylic acids is 1. The van der Waals surface area contributed by atoms with E-state index in [2.05, 4.69) is 26.2 Å². The summed E-state index contributed by atoms with van der Waals surface area (Å²) in [5.41, 5.74) is 2.01. The van der Waals surface area contributed by atoms with Crippen LogP contribution in [0.2, 0.25) is 5.02 Å². The van der Waals surface area contributed by atoms with Crippen LogP contribution >= 0.6 is 39.3 Å². The number of rotatable bonds is 7. The van der Waals surface area contributed by atoms with Crippen LogP contribution in [0.5, 0.6) is 0 Å². The first-order valence-electron chi connectivity index (χ1n) is 8.77. The number of fused-ring (bicyclic) bond motifs is 1. The molecule has 6 nitrogen and oxygen atoms in total. The van der Waals surface area contributed by atoms with Crippen LogP contribution in [0, 0.1) is 6.92 Å². The van der Waals surface area contributed by atoms with E-state index in [0.29, 0.717) is 34.2 Å². The Morgan fingerprint density at radius 1 is 1.31 bits per heavy atom. The van der Waals surface area contributed by atoms with E-state index in [0.717, 1.165) is 15.7 Å². The summed E-state index contributed by atoms with van der Waals surface area (Å²) < 4.78 is 7.59. The van der Waals surface area contributed by atoms with Crippen molar-refractivity contribution in [2.45, 2.75) is 18.6 Å². The second-order valence-electron chi connectivity index (χ2n) is 6.30. The highest BCUT2D eigenvalue weighted by Gasteiger charge is 2.14. The highest BCUT2D eigenvalue weighted by atomic mass is 79.9. The number of hydrogen-bond donors (Lipinski definition) is 1. The van der Waals surface area contributed by atoms with E-state index in [4.69, 9.17) is 16.3 Å². The van der Waals surface area contributed by atoms with Gasteiger partial charge < -0.3 is 10.1 Å². The molecule has 0 aliphatic heterocycles. The molecule has 2 aromatic carbocycles. The molecule has 3 rings (SSSR count). The minimum Gasteiger partial charge on any atom is -0.383 e. The van der Waals surface area contributed by atoms with Gasteiger partial charge in [0.1, 0.15) is 0 Å². The fraction of sp³-hybridized carbons (Fsp3) is 0.250. The molecule has 3 aromatic rings. The number of methoxy groups -OCH3 is 1. The molecular formula is C20H19BrClN3O3S. The highest BCUT2D eigenvalue weighted by molar-refractivity contribution is 9.10. The second kappa shape index (κ2) is 9.75. The lowest BCUT2D eigenvalue weighted by Gasteiger charge is -2.13. The maximum atomic E-state index is 12.9. The predicted molar refractivity (Wildman–Crippen MR) is 121 cm³/mol. The minimum absolute atomic E-state index is 0.112. The first-order chi connectivity index (χ1) is 13.9. The summed E-state index contributed by atoms with van der Waals surface area (Å²) in [6.45, 7) is 2.62. The summed E-state index contributed by atoms with van der Waals surface area (Å²) in [6.07, 6.45) is 0. The van der Waals surface area contributed by atoms with Crippen LogP contribution < -0.4 is 10.9 Å². The van der Waals surface area contributed by atoms with Crippen molar-refractivity contribution in [3.05, 3.63) is 61.8 Å². The van der Waals surface area contributed by atoms with Crippen LogP contribution in [0.4, 0.5) is 5.69 Å². The second-order valence-corrected chi connectivity index (χ2v) is 8.60. The maximum absolute atomic E-state index is 12.9. The fourth-order valence-corrected chi connectivity index (χ4v) is 4.21. The van der Waals surface area contributed by atoms with Crippen LogP contribution in [0.1, 0.15) is 5.56 Å². The number of hydrogen-bond acceptors (Lipinski definition) is 5. The maximum Gasteiger partial charge on any atom is 0.262 e. The normalized spacial score (nSPS) is 11.0. The lowest BCUT2D eigenvalue weighted by atomic mass is 10.2. The van der Waals surface area contributed by atoms with Gasteiger partial charge in [-0.25, -0.2) is 4.98 Å². The van der Waals surface area contributed by atoms with Crippen molar-refractivity contribution in [2.75, 3.05) is 24.8 Å². The largest absolute Gasteiger partial charge is 0.383 e. The Labute approximate surface area is 185 Å². The lowest BCUT2D eigenvalue weighted by Crippen LogP contribution is -2.26. The van der Waals surface area contributed by atoms with Gasteiger partial charge in [-0.15, -0.1) is 0 Å². The number of carbonyl (C=O) groups is 1. The number of nitrogens with zero attached hydrogens (tertiary/aromatic N) is 2. The summed E-state index contributed by atoms with van der Waals surface area (Å²) in [5, 5.41) is 4.31. The zero-order valence-corrected chi connectivity index (χ0v) is 19.0. The Bertz CT molecular complexity index is 1120. The number of aryl methyl sites for hydroxylation is 1. The number of amides is 1. The van der Waals surface area contributed by atoms with E-state index in [1.54, 1.807) is 25.3 Å². The summed E-state index contributed by atoms with van der Waals surface area (Å²) in [7, 11) is 1.57. The zero-order valence-electron chi connectivity index (χ0n) is 15.9. The van der Waals surface area contributed by atoms with Crippen molar-refractivity contribution in [2.24, 2.45) is 0 Å². The van der Waals surface area contributed by atoms with Crippen LogP contribution in [-0.4, -0.2) is 34.9 Å². The van der Waals surface area contributed by atoms with E-state index < -0.39 is 0 Å². The molecule has 0 radical (unpaired) electrons. The Hall–Kier alpha value is -1.87. The van der Waals surface area contributed by atoms with Gasteiger partial charge in [0.05, 0.1) is 29.8 Å². The minimum atomic E-state index is -0.185. The first kappa shape index (κ1) is 21.8. The van der Waals surface area contributed by atoms with Crippen LogP contribution in [0.3, 0.4) is 0 Å². The van der Waals surface area contributed by atoms with Gasteiger partial charge in [-0.3, -0.25) is 14.2 Å². The number of halogens is 2. The van der Waals surface area contributed by atoms with Crippen molar-refractivity contribution >= 4 is 61.8 Å². The van der Waals surface area contributed by atoms with Crippen molar-refractivity contribution in [3.63, 3.8) is 0 Å². The molecule has 0 saturated heterocycles. The van der Waals surface area contributed by atoms with Crippen LogP contribution in [0.15, 0.2) is 50.8 Å². The highest BCUT2D eigenvalue weighted by Crippen LogP contribution is 2.23. The van der Waals surface area contributed by atoms with Gasteiger partial charge >= 0.3 is 0 Å². The smallest absolute Gasteiger partial charge is 0.262 e. The first-order valence-corrected chi connectivity index (χ1v) is 10.9. The monoisotopic (exact) mass is 495 g/mol. The molecule has 0 unspecified atom stereocenters. The molecule has 0 spiro atoms. The third-order valence-electron chi connectivity index (χ3n) is 4.20. The van der Waals surface area contributed by atoms with Crippen LogP contribution in [-0.2, 0) is 16.1 Å². The molecule has 0 bridgehead atoms. The average molecular weight is 497 g/mol. The van der Waals surface area contributed by atoms with Crippen LogP contribution in [0.25, 0.3) is 10.9 Å². The number of benzene rings is 2. The van der Waals surface area contributed by atoms with E-state index >= 15 is 0 Å². The predicted octanol–water partition coefficient (Wildman–Crippen LogP) is 4.50. The van der Waals surface area contributed by atoms with Gasteiger partial charge in [0.15, 0.2) is 5.16 Å². The third-order valence-corrected chi connectivity index (χ3v) is 5.90. The summed E-state index contributed by atoms with van der Waals surface area (Å²) in [5.74, 6) is -0.0692. The van der Waals surface area contributed by atoms with Gasteiger partial charge in [-0.2, -0.15) is 0 Å². The average Bonchev–Trinajstić information content (AvgIpc) is 2.68. The van der Waals surface area contributed by atoms with Crippen molar-refractivity contribution in [1.82, 2.24) is 9.55 Å². The van der Waals surface area contributed by atoms with Gasteiger partial charge in [-0.1, -0.05) is 39.3 Å². The molecule has 29 heavy (non-hydrogen) atoms. The number of nitrogens with one attached hydrogen (secondary N) is 1. The van der Waals surface area contributed by atoms with Crippen molar-refractivity contribution in [3.8, 4) is 0 Å². The Morgan fingerprint density at radius 2 is 2.10 bits per heavy atom. The summed E-state index contributed by atoms with van der Waals surface area (Å²) >= 11 is 10.7. The molecule has 9 heteroatoms. The van der Waals surface area contributed by atoms with Crippen molar-refractivity contribution in [1.29, 1.82) is 0 Å². The molecule has 1 aromatic heterocycles. The molecule has 0 aliphatic rings. The lowest BCUT2D eigenvalue weighted by molar-refractivity contribution is -0.113. The molecule has 152 valence electrons. The Balaban J connectivity index is 1.83. The van der Waals surface area contributed by atoms with E-state index in [-0.39, 0.29) is 17.2 Å². The van der Waals surface area contributed by atoms with E-state index in [1.807, 2.05) is 25.1 Å². The molecule has 1 heterocycles. The Kier molecular flexibility index (Phi) is 7.34. The zero-order chi connectivity index (χ0) is 21.0. The van der Waals surface area contributed by atoms with Gasteiger partial charge in [-0.05, 0) is 48.9 Å². The molecule has 0 fully saturated rings. The fourth-order valence-electron chi connectivity index (χ4n) is 2.75. The number of thioether (sulfide) groups is 1. The summed E-state index contributed by atoms with van der Waals surface area (Å²) in [4.78, 5) is 29.9. The van der Waals surface area contributed by atoms with E-state index in [1.165, 1.54) is 16.3 Å². The van der Waals surface area contributed by atoms with Crippen molar-refractivity contribution < 1.29 is 9.53 Å². The van der Waals surface area contributed by atoms with Gasteiger partial charge in [0.25, 0.3) is 5.56 Å². The number of ether oxygens (including phenoxy) is 1.